The second-order valence-electron chi connectivity index (χ2n) is 9.71. The Kier molecular flexibility index (Phi) is 10.8. The van der Waals surface area contributed by atoms with Crippen molar-refractivity contribution in [2.45, 2.75) is 39.3 Å². The number of carbonyl (C=O) groups is 1. The fraction of sp³-hybridized carbons (Fsp3) is 0.290. The van der Waals surface area contributed by atoms with Gasteiger partial charge in [-0.2, -0.15) is 0 Å². The van der Waals surface area contributed by atoms with Gasteiger partial charge in [0.1, 0.15) is 0 Å². The monoisotopic (exact) mass is 590 g/mol. The average molecular weight is 591 g/mol. The van der Waals surface area contributed by atoms with E-state index in [1.165, 1.54) is 17.3 Å². The number of aryl methyl sites for hydroxylation is 1. The van der Waals surface area contributed by atoms with Crippen LogP contribution in [0.15, 0.2) is 83.0 Å². The van der Waals surface area contributed by atoms with Crippen molar-refractivity contribution in [1.29, 1.82) is 0 Å². The van der Waals surface area contributed by atoms with Gasteiger partial charge in [0.05, 0.1) is 23.2 Å². The van der Waals surface area contributed by atoms with Crippen LogP contribution in [-0.2, 0) is 13.0 Å². The van der Waals surface area contributed by atoms with Crippen LogP contribution in [0.5, 0.6) is 0 Å². The first-order valence-corrected chi connectivity index (χ1v) is 14.4. The van der Waals surface area contributed by atoms with E-state index in [9.17, 15) is 9.90 Å². The quantitative estimate of drug-likeness (QED) is 0.145. The molecule has 2 aromatic carbocycles. The molecule has 41 heavy (non-hydrogen) atoms. The molecule has 1 aliphatic rings. The van der Waals surface area contributed by atoms with Crippen molar-refractivity contribution in [2.75, 3.05) is 25.1 Å². The van der Waals surface area contributed by atoms with E-state index >= 15 is 0 Å². The molecule has 1 heterocycles. The van der Waals surface area contributed by atoms with E-state index in [1.807, 2.05) is 49.5 Å². The standard InChI is InChI=1S/C31H35ClN6O2S/c1-3-33-19-26-21(2)13-14-23-11-7-8-12-25(23)28(26)35-31(41)37-36-29-27(32)17-24(18-34-29)30(40)38(15-16-39)20-22-9-5-4-6-10-22/h4-12,17-19,28,39H,3,13-16,20H2,1-2H3,(H,34,36)(H2,35,37,41). The van der Waals surface area contributed by atoms with Gasteiger partial charge in [0, 0.05) is 32.0 Å². The largest absolute Gasteiger partial charge is 0.395 e. The molecular weight excluding hydrogens is 556 g/mol. The number of benzene rings is 2. The molecule has 1 aliphatic carbocycles. The summed E-state index contributed by atoms with van der Waals surface area (Å²) in [6.07, 6.45) is 5.30. The minimum atomic E-state index is -0.274. The summed E-state index contributed by atoms with van der Waals surface area (Å²) in [7, 11) is 0. The fourth-order valence-corrected chi connectivity index (χ4v) is 5.13. The number of aromatic nitrogens is 1. The Morgan fingerprint density at radius 3 is 2.68 bits per heavy atom. The summed E-state index contributed by atoms with van der Waals surface area (Å²) in [5.41, 5.74) is 12.0. The smallest absolute Gasteiger partial charge is 0.255 e. The predicted molar refractivity (Wildman–Crippen MR) is 169 cm³/mol. The molecule has 214 valence electrons. The summed E-state index contributed by atoms with van der Waals surface area (Å²) in [5, 5.41) is 13.5. The summed E-state index contributed by atoms with van der Waals surface area (Å²) in [4.78, 5) is 23.6. The van der Waals surface area contributed by atoms with Crippen LogP contribution in [-0.4, -0.2) is 51.9 Å². The maximum absolute atomic E-state index is 13.2. The van der Waals surface area contributed by atoms with Crippen molar-refractivity contribution in [1.82, 2.24) is 20.6 Å². The highest BCUT2D eigenvalue weighted by Gasteiger charge is 2.24. The molecule has 0 aliphatic heterocycles. The third kappa shape index (κ3) is 7.91. The lowest BCUT2D eigenvalue weighted by atomic mass is 9.95. The van der Waals surface area contributed by atoms with E-state index in [0.29, 0.717) is 29.6 Å². The Morgan fingerprint density at radius 1 is 1.20 bits per heavy atom. The molecule has 1 aromatic heterocycles. The van der Waals surface area contributed by atoms with Gasteiger partial charge in [-0.3, -0.25) is 20.6 Å². The van der Waals surface area contributed by atoms with Crippen LogP contribution in [0.25, 0.3) is 0 Å². The number of pyridine rings is 1. The number of allylic oxidation sites excluding steroid dienone is 1. The lowest BCUT2D eigenvalue weighted by molar-refractivity contribution is 0.0707. The molecule has 10 heteroatoms. The maximum atomic E-state index is 13.2. The van der Waals surface area contributed by atoms with Gasteiger partial charge in [-0.15, -0.1) is 0 Å². The van der Waals surface area contributed by atoms with Gasteiger partial charge in [0.25, 0.3) is 5.91 Å². The number of amides is 1. The van der Waals surface area contributed by atoms with Crippen LogP contribution in [0.2, 0.25) is 5.02 Å². The second-order valence-corrected chi connectivity index (χ2v) is 10.5. The molecule has 1 amide bonds. The number of carbonyl (C=O) groups excluding carboxylic acids is 1. The van der Waals surface area contributed by atoms with Gasteiger partial charge >= 0.3 is 0 Å². The van der Waals surface area contributed by atoms with Crippen LogP contribution >= 0.6 is 23.8 Å². The summed E-state index contributed by atoms with van der Waals surface area (Å²) < 4.78 is 0. The molecule has 0 bridgehead atoms. The number of aliphatic imine (C=N–C) groups is 1. The number of hydrogen-bond acceptors (Lipinski definition) is 6. The van der Waals surface area contributed by atoms with Gasteiger partial charge in [-0.1, -0.05) is 71.8 Å². The number of thiocarbonyl (C=S) groups is 1. The molecule has 8 nitrogen and oxygen atoms in total. The summed E-state index contributed by atoms with van der Waals surface area (Å²) in [6.45, 7) is 5.25. The van der Waals surface area contributed by atoms with E-state index in [1.54, 1.807) is 11.0 Å². The summed E-state index contributed by atoms with van der Waals surface area (Å²) in [6, 6.07) is 19.4. The van der Waals surface area contributed by atoms with Gasteiger partial charge in [-0.25, -0.2) is 4.98 Å². The van der Waals surface area contributed by atoms with E-state index in [2.05, 4.69) is 51.3 Å². The Morgan fingerprint density at radius 2 is 1.95 bits per heavy atom. The highest BCUT2D eigenvalue weighted by Crippen LogP contribution is 2.32. The van der Waals surface area contributed by atoms with Crippen LogP contribution in [0.3, 0.4) is 0 Å². The van der Waals surface area contributed by atoms with Crippen molar-refractivity contribution in [3.8, 4) is 0 Å². The summed E-state index contributed by atoms with van der Waals surface area (Å²) in [5.74, 6) is 0.0503. The maximum Gasteiger partial charge on any atom is 0.255 e. The zero-order chi connectivity index (χ0) is 29.2. The molecule has 3 aromatic rings. The van der Waals surface area contributed by atoms with Crippen molar-refractivity contribution < 1.29 is 9.90 Å². The third-order valence-corrected chi connectivity index (χ3v) is 7.39. The normalized spacial score (nSPS) is 14.8. The van der Waals surface area contributed by atoms with E-state index in [-0.39, 0.29) is 30.1 Å². The number of halogens is 1. The van der Waals surface area contributed by atoms with Gasteiger partial charge in [0.15, 0.2) is 10.9 Å². The molecule has 1 unspecified atom stereocenters. The zero-order valence-corrected chi connectivity index (χ0v) is 24.8. The average Bonchev–Trinajstić information content (AvgIpc) is 3.11. The van der Waals surface area contributed by atoms with E-state index in [4.69, 9.17) is 23.8 Å². The number of hydrogen-bond donors (Lipinski definition) is 4. The molecular formula is C31H35ClN6O2S. The fourth-order valence-electron chi connectivity index (χ4n) is 4.74. The lowest BCUT2D eigenvalue weighted by Crippen LogP contribution is -2.42. The Hall–Kier alpha value is -3.79. The van der Waals surface area contributed by atoms with Crippen LogP contribution < -0.4 is 16.2 Å². The number of aliphatic hydroxyl groups is 1. The minimum Gasteiger partial charge on any atom is -0.395 e. The Bertz CT molecular complexity index is 1430. The SMILES string of the molecule is CCN=CC1=C(C)CCc2ccccc2C1NC(=S)NNc1ncc(C(=O)N(CCO)Cc2ccccc2)cc1Cl. The van der Waals surface area contributed by atoms with Gasteiger partial charge in [0.2, 0.25) is 0 Å². The topological polar surface area (TPSA) is 102 Å². The van der Waals surface area contributed by atoms with Gasteiger partial charge in [-0.05, 0) is 67.2 Å². The van der Waals surface area contributed by atoms with Crippen molar-refractivity contribution >= 4 is 46.9 Å². The molecule has 4 N–H and O–H groups in total. The molecule has 0 saturated carbocycles. The van der Waals surface area contributed by atoms with Crippen LogP contribution in [0.4, 0.5) is 5.82 Å². The van der Waals surface area contributed by atoms with E-state index < -0.39 is 0 Å². The number of fused-ring (bicyclic) bond motifs is 1. The molecule has 4 rings (SSSR count). The van der Waals surface area contributed by atoms with E-state index in [0.717, 1.165) is 29.5 Å². The Balaban J connectivity index is 1.45. The third-order valence-electron chi connectivity index (χ3n) is 6.88. The number of nitrogens with one attached hydrogen (secondary N) is 3. The van der Waals surface area contributed by atoms with Gasteiger partial charge < -0.3 is 15.3 Å². The number of aliphatic hydroxyl groups excluding tert-OH is 1. The van der Waals surface area contributed by atoms with Crippen molar-refractivity contribution in [3.63, 3.8) is 0 Å². The zero-order valence-electron chi connectivity index (χ0n) is 23.2. The van der Waals surface area contributed by atoms with Crippen LogP contribution in [0.1, 0.15) is 53.4 Å². The van der Waals surface area contributed by atoms with Crippen LogP contribution in [0, 0.1) is 0 Å². The van der Waals surface area contributed by atoms with Crippen molar-refractivity contribution in [2.24, 2.45) is 4.99 Å². The molecule has 0 radical (unpaired) electrons. The highest BCUT2D eigenvalue weighted by atomic mass is 35.5. The first-order valence-electron chi connectivity index (χ1n) is 13.6. The first-order chi connectivity index (χ1) is 19.9. The molecule has 0 fully saturated rings. The number of anilines is 1. The number of nitrogens with zero attached hydrogens (tertiary/aromatic N) is 3. The lowest BCUT2D eigenvalue weighted by Gasteiger charge is -2.24. The number of hydrazine groups is 1. The minimum absolute atomic E-state index is 0.153. The van der Waals surface area contributed by atoms with Crippen molar-refractivity contribution in [3.05, 3.63) is 105 Å². The highest BCUT2D eigenvalue weighted by molar-refractivity contribution is 7.80. The second kappa shape index (κ2) is 14.7. The molecule has 1 atom stereocenters. The summed E-state index contributed by atoms with van der Waals surface area (Å²) >= 11 is 12.1. The predicted octanol–water partition coefficient (Wildman–Crippen LogP) is 5.26. The Labute approximate surface area is 251 Å². The molecule has 0 spiro atoms. The number of rotatable bonds is 10. The molecule has 0 saturated heterocycles. The first kappa shape index (κ1) is 30.2.